The lowest BCUT2D eigenvalue weighted by atomic mass is 10.0. The van der Waals surface area contributed by atoms with Crippen LogP contribution in [-0.4, -0.2) is 37.3 Å². The smallest absolute Gasteiger partial charge is 0.0821 e. The lowest BCUT2D eigenvalue weighted by Gasteiger charge is -2.30. The van der Waals surface area contributed by atoms with Gasteiger partial charge in [-0.3, -0.25) is 0 Å². The number of nitrogens with one attached hydrogen (secondary N) is 1. The van der Waals surface area contributed by atoms with E-state index in [2.05, 4.69) is 36.5 Å². The molecule has 1 N–H and O–H groups in total. The third-order valence-electron chi connectivity index (χ3n) is 3.55. The highest BCUT2D eigenvalue weighted by Crippen LogP contribution is 2.18. The first-order chi connectivity index (χ1) is 8.83. The largest absolute Gasteiger partial charge is 0.375 e. The molecule has 0 aliphatic carbocycles. The number of hydrogen-bond acceptors (Lipinski definition) is 3. The van der Waals surface area contributed by atoms with Crippen molar-refractivity contribution in [1.82, 2.24) is 5.32 Å². The van der Waals surface area contributed by atoms with E-state index in [0.717, 1.165) is 31.0 Å². The summed E-state index contributed by atoms with van der Waals surface area (Å²) in [6.07, 6.45) is 2.50. The van der Waals surface area contributed by atoms with Gasteiger partial charge in [0.1, 0.15) is 0 Å². The molecule has 100 valence electrons. The van der Waals surface area contributed by atoms with Crippen molar-refractivity contribution in [2.24, 2.45) is 0 Å². The van der Waals surface area contributed by atoms with E-state index in [1.165, 1.54) is 11.1 Å². The van der Waals surface area contributed by atoms with Crippen LogP contribution < -0.4 is 5.32 Å². The van der Waals surface area contributed by atoms with Gasteiger partial charge in [-0.1, -0.05) is 31.2 Å². The molecule has 2 rings (SSSR count). The van der Waals surface area contributed by atoms with Crippen molar-refractivity contribution >= 4 is 11.8 Å². The van der Waals surface area contributed by atoms with E-state index in [0.29, 0.717) is 12.1 Å². The molecule has 2 unspecified atom stereocenters. The number of benzene rings is 1. The fraction of sp³-hybridized carbons (Fsp3) is 0.600. The van der Waals surface area contributed by atoms with Crippen molar-refractivity contribution in [3.8, 4) is 0 Å². The zero-order valence-corrected chi connectivity index (χ0v) is 12.1. The van der Waals surface area contributed by atoms with Crippen molar-refractivity contribution < 1.29 is 4.74 Å². The van der Waals surface area contributed by atoms with E-state index in [4.69, 9.17) is 4.74 Å². The molecule has 2 nitrogen and oxygen atoms in total. The van der Waals surface area contributed by atoms with Crippen LogP contribution in [0, 0.1) is 0 Å². The lowest BCUT2D eigenvalue weighted by molar-refractivity contribution is 0.0492. The highest BCUT2D eigenvalue weighted by atomic mass is 32.2. The van der Waals surface area contributed by atoms with Crippen LogP contribution in [0.5, 0.6) is 0 Å². The summed E-state index contributed by atoms with van der Waals surface area (Å²) in [5.41, 5.74) is 2.80. The Morgan fingerprint density at radius 2 is 2.06 bits per heavy atom. The van der Waals surface area contributed by atoms with Crippen LogP contribution in [0.3, 0.4) is 0 Å². The Hall–Kier alpha value is -0.510. The summed E-state index contributed by atoms with van der Waals surface area (Å²) in [7, 11) is 2.04. The van der Waals surface area contributed by atoms with E-state index in [1.807, 2.05) is 18.8 Å². The summed E-state index contributed by atoms with van der Waals surface area (Å²) in [6, 6.07) is 9.39. The molecule has 1 aromatic carbocycles. The van der Waals surface area contributed by atoms with Gasteiger partial charge in [-0.15, -0.1) is 0 Å². The Bertz CT molecular complexity index is 346. The zero-order chi connectivity index (χ0) is 12.8. The van der Waals surface area contributed by atoms with Crippen LogP contribution in [0.15, 0.2) is 24.3 Å². The highest BCUT2D eigenvalue weighted by molar-refractivity contribution is 7.99. The van der Waals surface area contributed by atoms with Crippen LogP contribution in [0.25, 0.3) is 0 Å². The highest BCUT2D eigenvalue weighted by Gasteiger charge is 2.23. The van der Waals surface area contributed by atoms with E-state index < -0.39 is 0 Å². The molecule has 0 aromatic heterocycles. The quantitative estimate of drug-likeness (QED) is 0.884. The predicted molar refractivity (Wildman–Crippen MR) is 79.4 cm³/mol. The molecular weight excluding hydrogens is 242 g/mol. The fourth-order valence-corrected chi connectivity index (χ4v) is 3.26. The first-order valence-corrected chi connectivity index (χ1v) is 7.93. The molecule has 0 radical (unpaired) electrons. The maximum atomic E-state index is 5.86. The van der Waals surface area contributed by atoms with Crippen molar-refractivity contribution in [3.63, 3.8) is 0 Å². The monoisotopic (exact) mass is 265 g/mol. The maximum absolute atomic E-state index is 5.86. The summed E-state index contributed by atoms with van der Waals surface area (Å²) in [6.45, 7) is 3.08. The first kappa shape index (κ1) is 13.9. The Labute approximate surface area is 114 Å². The van der Waals surface area contributed by atoms with Crippen molar-refractivity contribution in [1.29, 1.82) is 0 Å². The van der Waals surface area contributed by atoms with Gasteiger partial charge in [0.2, 0.25) is 0 Å². The third kappa shape index (κ3) is 3.74. The Balaban J connectivity index is 1.95. The SMILES string of the molecule is CCc1ccc(CC(NC)C2CSCCO2)cc1. The molecule has 3 heteroatoms. The van der Waals surface area contributed by atoms with E-state index in [-0.39, 0.29) is 0 Å². The molecule has 0 spiro atoms. The molecule has 1 fully saturated rings. The third-order valence-corrected chi connectivity index (χ3v) is 4.57. The van der Waals surface area contributed by atoms with Crippen LogP contribution in [-0.2, 0) is 17.6 Å². The molecular formula is C15H23NOS. The summed E-state index contributed by atoms with van der Waals surface area (Å²) in [5.74, 6) is 2.25. The van der Waals surface area contributed by atoms with Gasteiger partial charge in [0.15, 0.2) is 0 Å². The minimum Gasteiger partial charge on any atom is -0.375 e. The molecule has 1 aliphatic rings. The van der Waals surface area contributed by atoms with Gasteiger partial charge in [-0.25, -0.2) is 0 Å². The molecule has 2 atom stereocenters. The van der Waals surface area contributed by atoms with Gasteiger partial charge < -0.3 is 10.1 Å². The average molecular weight is 265 g/mol. The van der Waals surface area contributed by atoms with Crippen LogP contribution in [0.1, 0.15) is 18.1 Å². The first-order valence-electron chi connectivity index (χ1n) is 6.78. The average Bonchev–Trinajstić information content (AvgIpc) is 2.46. The van der Waals surface area contributed by atoms with Crippen molar-refractivity contribution in [2.45, 2.75) is 31.9 Å². The second kappa shape index (κ2) is 7.17. The minimum absolute atomic E-state index is 0.347. The summed E-state index contributed by atoms with van der Waals surface area (Å²) < 4.78 is 5.86. The molecule has 1 heterocycles. The van der Waals surface area contributed by atoms with Crippen LogP contribution in [0.4, 0.5) is 0 Å². The molecule has 0 amide bonds. The van der Waals surface area contributed by atoms with Gasteiger partial charge in [-0.2, -0.15) is 11.8 Å². The zero-order valence-electron chi connectivity index (χ0n) is 11.3. The number of ether oxygens (including phenoxy) is 1. The molecule has 0 saturated carbocycles. The minimum atomic E-state index is 0.347. The fourth-order valence-electron chi connectivity index (χ4n) is 2.32. The van der Waals surface area contributed by atoms with E-state index >= 15 is 0 Å². The summed E-state index contributed by atoms with van der Waals surface area (Å²) >= 11 is 2.00. The standard InChI is InChI=1S/C15H23NOS/c1-3-12-4-6-13(7-5-12)10-14(16-2)15-11-18-9-8-17-15/h4-7,14-16H,3,8-11H2,1-2H3. The van der Waals surface area contributed by atoms with Gasteiger partial charge >= 0.3 is 0 Å². The topological polar surface area (TPSA) is 21.3 Å². The lowest BCUT2D eigenvalue weighted by Crippen LogP contribution is -2.44. The van der Waals surface area contributed by atoms with Gasteiger partial charge in [0, 0.05) is 17.5 Å². The number of likely N-dealkylation sites (N-methyl/N-ethyl adjacent to an activating group) is 1. The number of rotatable bonds is 5. The van der Waals surface area contributed by atoms with E-state index in [1.54, 1.807) is 0 Å². The molecule has 0 bridgehead atoms. The Morgan fingerprint density at radius 3 is 2.61 bits per heavy atom. The second-order valence-corrected chi connectivity index (χ2v) is 5.90. The Kier molecular flexibility index (Phi) is 5.54. The Morgan fingerprint density at radius 1 is 1.33 bits per heavy atom. The second-order valence-electron chi connectivity index (χ2n) is 4.75. The number of hydrogen-bond donors (Lipinski definition) is 1. The number of aryl methyl sites for hydroxylation is 1. The van der Waals surface area contributed by atoms with Gasteiger partial charge in [0.05, 0.1) is 12.7 Å². The molecule has 1 aliphatic heterocycles. The van der Waals surface area contributed by atoms with Crippen molar-refractivity contribution in [2.75, 3.05) is 25.2 Å². The summed E-state index contributed by atoms with van der Waals surface area (Å²) in [4.78, 5) is 0. The van der Waals surface area contributed by atoms with Crippen LogP contribution in [0.2, 0.25) is 0 Å². The molecule has 1 aromatic rings. The molecule has 1 saturated heterocycles. The normalized spacial score (nSPS) is 21.8. The summed E-state index contributed by atoms with van der Waals surface area (Å²) in [5, 5.41) is 3.41. The van der Waals surface area contributed by atoms with Crippen LogP contribution >= 0.6 is 11.8 Å². The van der Waals surface area contributed by atoms with E-state index in [9.17, 15) is 0 Å². The number of thioether (sulfide) groups is 1. The maximum Gasteiger partial charge on any atom is 0.0821 e. The van der Waals surface area contributed by atoms with Gasteiger partial charge in [-0.05, 0) is 31.0 Å². The molecule has 18 heavy (non-hydrogen) atoms. The predicted octanol–water partition coefficient (Wildman–Crippen LogP) is 2.51. The van der Waals surface area contributed by atoms with Crippen molar-refractivity contribution in [3.05, 3.63) is 35.4 Å². The van der Waals surface area contributed by atoms with Gasteiger partial charge in [0.25, 0.3) is 0 Å².